The molecule has 0 aliphatic carbocycles. The predicted molar refractivity (Wildman–Crippen MR) is 68.4 cm³/mol. The Morgan fingerprint density at radius 2 is 1.94 bits per heavy atom. The Morgan fingerprint density at radius 1 is 1.38 bits per heavy atom. The summed E-state index contributed by atoms with van der Waals surface area (Å²) in [4.78, 5) is 23.2. The first-order valence-electron chi connectivity index (χ1n) is 4.36. The van der Waals surface area contributed by atoms with Crippen LogP contribution in [0.1, 0.15) is 0 Å². The third-order valence-corrected chi connectivity index (χ3v) is 3.64. The maximum absolute atomic E-state index is 11.6. The molecule has 0 fully saturated rings. The van der Waals surface area contributed by atoms with Crippen LogP contribution in [0.3, 0.4) is 0 Å². The molecule has 8 heteroatoms. The lowest BCUT2D eigenvalue weighted by molar-refractivity contribution is 0.579. The Balaban J connectivity index is 3.24. The Morgan fingerprint density at radius 3 is 2.44 bits per heavy atom. The first-order valence-corrected chi connectivity index (χ1v) is 7.50. The van der Waals surface area contributed by atoms with Gasteiger partial charge in [0.1, 0.15) is 9.84 Å². The molecule has 0 saturated carbocycles. The molecule has 1 aromatic rings. The number of rotatable bonds is 3. The van der Waals surface area contributed by atoms with Crippen LogP contribution in [-0.2, 0) is 23.4 Å². The number of sulfone groups is 1. The average Bonchev–Trinajstić information content (AvgIpc) is 2.13. The Bertz CT molecular complexity index is 580. The van der Waals surface area contributed by atoms with E-state index in [2.05, 4.69) is 0 Å². The molecule has 0 aromatic carbocycles. The molecule has 0 atom stereocenters. The Kier molecular flexibility index (Phi) is 3.94. The SMILES string of the molecule is Cn1cc(I)c(=O)n(CCS(C)(=O)=O)c1=O. The number of hydrogen-bond donors (Lipinski definition) is 0. The highest BCUT2D eigenvalue weighted by Crippen LogP contribution is 1.93. The summed E-state index contributed by atoms with van der Waals surface area (Å²) in [7, 11) is -1.68. The first-order chi connectivity index (χ1) is 7.22. The molecule has 0 bridgehead atoms. The second-order valence-electron chi connectivity index (χ2n) is 3.46. The molecule has 0 aliphatic heterocycles. The van der Waals surface area contributed by atoms with Crippen molar-refractivity contribution in [3.05, 3.63) is 30.6 Å². The molecular weight excluding hydrogens is 347 g/mol. The van der Waals surface area contributed by atoms with E-state index in [1.54, 1.807) is 0 Å². The molecule has 0 saturated heterocycles. The van der Waals surface area contributed by atoms with Crippen molar-refractivity contribution in [2.24, 2.45) is 7.05 Å². The molecule has 0 aliphatic rings. The number of hydrogen-bond acceptors (Lipinski definition) is 4. The lowest BCUT2D eigenvalue weighted by Gasteiger charge is -2.06. The predicted octanol–water partition coefficient (Wildman–Crippen LogP) is -0.804. The first kappa shape index (κ1) is 13.4. The van der Waals surface area contributed by atoms with Crippen molar-refractivity contribution < 1.29 is 8.42 Å². The molecular formula is C8H11IN2O4S. The summed E-state index contributed by atoms with van der Waals surface area (Å²) >= 11 is 1.81. The van der Waals surface area contributed by atoms with E-state index < -0.39 is 21.1 Å². The summed E-state index contributed by atoms with van der Waals surface area (Å²) in [6.07, 6.45) is 2.48. The van der Waals surface area contributed by atoms with E-state index in [-0.39, 0.29) is 12.3 Å². The Labute approximate surface area is 106 Å². The van der Waals surface area contributed by atoms with Gasteiger partial charge in [-0.1, -0.05) is 0 Å². The zero-order valence-corrected chi connectivity index (χ0v) is 11.8. The third kappa shape index (κ3) is 3.17. The van der Waals surface area contributed by atoms with Crippen LogP contribution < -0.4 is 11.2 Å². The fraction of sp³-hybridized carbons (Fsp3) is 0.500. The molecule has 0 spiro atoms. The van der Waals surface area contributed by atoms with Gasteiger partial charge in [0.25, 0.3) is 5.56 Å². The van der Waals surface area contributed by atoms with Crippen LogP contribution in [0.5, 0.6) is 0 Å². The summed E-state index contributed by atoms with van der Waals surface area (Å²) in [6.45, 7) is -0.110. The van der Waals surface area contributed by atoms with Crippen molar-refractivity contribution in [3.8, 4) is 0 Å². The lowest BCUT2D eigenvalue weighted by atomic mass is 10.6. The summed E-state index contributed by atoms with van der Waals surface area (Å²) in [5, 5.41) is 0. The smallest absolute Gasteiger partial charge is 0.302 e. The van der Waals surface area contributed by atoms with Gasteiger partial charge in [-0.2, -0.15) is 0 Å². The van der Waals surface area contributed by atoms with Gasteiger partial charge < -0.3 is 4.57 Å². The molecule has 0 amide bonds. The summed E-state index contributed by atoms with van der Waals surface area (Å²) in [5.41, 5.74) is -0.957. The molecule has 0 N–H and O–H groups in total. The normalized spacial score (nSPS) is 11.7. The molecule has 6 nitrogen and oxygen atoms in total. The largest absolute Gasteiger partial charge is 0.330 e. The standard InChI is InChI=1S/C8H11IN2O4S/c1-10-5-6(9)7(12)11(8(10)13)3-4-16(2,14)15/h5H,3-4H2,1-2H3. The number of aromatic nitrogens is 2. The molecule has 1 aromatic heterocycles. The van der Waals surface area contributed by atoms with Crippen LogP contribution in [0, 0.1) is 3.57 Å². The van der Waals surface area contributed by atoms with Gasteiger partial charge in [-0.05, 0) is 22.6 Å². The van der Waals surface area contributed by atoms with Gasteiger partial charge in [0.15, 0.2) is 0 Å². The van der Waals surface area contributed by atoms with Crippen LogP contribution in [-0.4, -0.2) is 29.6 Å². The highest BCUT2D eigenvalue weighted by atomic mass is 127. The van der Waals surface area contributed by atoms with Crippen LogP contribution in [0.2, 0.25) is 0 Å². The zero-order chi connectivity index (χ0) is 12.5. The van der Waals surface area contributed by atoms with Gasteiger partial charge in [0.05, 0.1) is 9.32 Å². The van der Waals surface area contributed by atoms with Gasteiger partial charge >= 0.3 is 5.69 Å². The molecule has 0 radical (unpaired) electrons. The molecule has 1 rings (SSSR count). The van der Waals surface area contributed by atoms with Crippen molar-refractivity contribution in [1.29, 1.82) is 0 Å². The minimum atomic E-state index is -3.19. The van der Waals surface area contributed by atoms with Crippen molar-refractivity contribution in [2.45, 2.75) is 6.54 Å². The summed E-state index contributed by atoms with van der Waals surface area (Å²) < 4.78 is 24.5. The quantitative estimate of drug-likeness (QED) is 0.663. The van der Waals surface area contributed by atoms with Crippen LogP contribution in [0.4, 0.5) is 0 Å². The second-order valence-corrected chi connectivity index (χ2v) is 6.88. The second kappa shape index (κ2) is 4.70. The van der Waals surface area contributed by atoms with Gasteiger partial charge in [0.2, 0.25) is 0 Å². The summed E-state index contributed by atoms with van der Waals surface area (Å²) in [6, 6.07) is 0. The van der Waals surface area contributed by atoms with Crippen LogP contribution >= 0.6 is 22.6 Å². The molecule has 16 heavy (non-hydrogen) atoms. The number of aryl methyl sites for hydroxylation is 1. The van der Waals surface area contributed by atoms with Crippen LogP contribution in [0.25, 0.3) is 0 Å². The lowest BCUT2D eigenvalue weighted by Crippen LogP contribution is -2.41. The summed E-state index contributed by atoms with van der Waals surface area (Å²) in [5.74, 6) is -0.220. The van der Waals surface area contributed by atoms with Crippen molar-refractivity contribution in [3.63, 3.8) is 0 Å². The van der Waals surface area contributed by atoms with Gasteiger partial charge in [0, 0.05) is 26.0 Å². The van der Waals surface area contributed by atoms with E-state index >= 15 is 0 Å². The zero-order valence-electron chi connectivity index (χ0n) is 8.81. The van der Waals surface area contributed by atoms with Crippen molar-refractivity contribution in [2.75, 3.05) is 12.0 Å². The maximum atomic E-state index is 11.6. The van der Waals surface area contributed by atoms with E-state index in [0.29, 0.717) is 3.57 Å². The monoisotopic (exact) mass is 358 g/mol. The highest BCUT2D eigenvalue weighted by Gasteiger charge is 2.10. The minimum absolute atomic E-state index is 0.110. The molecule has 1 heterocycles. The molecule has 0 unspecified atom stereocenters. The van der Waals surface area contributed by atoms with E-state index in [1.807, 2.05) is 22.6 Å². The van der Waals surface area contributed by atoms with Gasteiger partial charge in [-0.3, -0.25) is 9.36 Å². The van der Waals surface area contributed by atoms with Gasteiger partial charge in [-0.15, -0.1) is 0 Å². The van der Waals surface area contributed by atoms with E-state index in [9.17, 15) is 18.0 Å². The fourth-order valence-electron chi connectivity index (χ4n) is 1.14. The third-order valence-electron chi connectivity index (χ3n) is 1.97. The van der Waals surface area contributed by atoms with E-state index in [1.165, 1.54) is 17.8 Å². The maximum Gasteiger partial charge on any atom is 0.330 e. The molecule has 90 valence electrons. The average molecular weight is 358 g/mol. The number of halogens is 1. The number of nitrogens with zero attached hydrogens (tertiary/aromatic N) is 2. The van der Waals surface area contributed by atoms with Crippen LogP contribution in [0.15, 0.2) is 15.8 Å². The van der Waals surface area contributed by atoms with Crippen molar-refractivity contribution >= 4 is 32.4 Å². The van der Waals surface area contributed by atoms with E-state index in [0.717, 1.165) is 10.8 Å². The minimum Gasteiger partial charge on any atom is -0.302 e. The van der Waals surface area contributed by atoms with Gasteiger partial charge in [-0.25, -0.2) is 13.2 Å². The van der Waals surface area contributed by atoms with E-state index in [4.69, 9.17) is 0 Å². The Hall–Kier alpha value is -0.640. The highest BCUT2D eigenvalue weighted by molar-refractivity contribution is 14.1. The van der Waals surface area contributed by atoms with Crippen molar-refractivity contribution in [1.82, 2.24) is 9.13 Å². The fourth-order valence-corrected chi connectivity index (χ4v) is 2.36. The topological polar surface area (TPSA) is 78.1 Å².